The molecule has 15 heteroatoms. The average Bonchev–Trinajstić information content (AvgIpc) is 3.33. The maximum absolute atomic E-state index is 12.6. The number of carbonyl (C=O) groups excluding carboxylic acids is 1. The number of benzene rings is 1. The largest absolute Gasteiger partial charge is 0.477 e. The van der Waals surface area contributed by atoms with Crippen LogP contribution in [-0.4, -0.2) is 67.8 Å². The molecule has 3 aliphatic rings. The second kappa shape index (κ2) is 9.37. The first kappa shape index (κ1) is 26.5. The molecule has 36 heavy (non-hydrogen) atoms. The minimum atomic E-state index is -4.07. The van der Waals surface area contributed by atoms with Gasteiger partial charge >= 0.3 is 5.97 Å². The van der Waals surface area contributed by atoms with Crippen LogP contribution in [0.1, 0.15) is 20.3 Å². The van der Waals surface area contributed by atoms with Gasteiger partial charge in [-0.3, -0.25) is 9.52 Å². The number of fused-ring (bicyclic) bond motifs is 1. The van der Waals surface area contributed by atoms with E-state index < -0.39 is 50.0 Å². The molecule has 0 spiro atoms. The smallest absolute Gasteiger partial charge is 0.353 e. The second-order valence-corrected chi connectivity index (χ2v) is 13.5. The Morgan fingerprint density at radius 2 is 1.97 bits per heavy atom. The summed E-state index contributed by atoms with van der Waals surface area (Å²) in [6.07, 6.45) is 0.776. The highest BCUT2D eigenvalue weighted by atomic mass is 32.2. The maximum Gasteiger partial charge on any atom is 0.353 e. The Balaban J connectivity index is 1.46. The van der Waals surface area contributed by atoms with E-state index in [1.54, 1.807) is 0 Å². The molecule has 0 aromatic heterocycles. The SMILES string of the molecule is C[C@@H](O)[C@H]1C(=O)N2C(C(=O)O)=C(SC3CN/C(=C/NS(=O)(=O)c4cccc(S(N)(=O)=O)c4)C3)[C@H](C)[C@H]12. The van der Waals surface area contributed by atoms with Crippen LogP contribution < -0.4 is 15.2 Å². The highest BCUT2D eigenvalue weighted by molar-refractivity contribution is 8.03. The summed E-state index contributed by atoms with van der Waals surface area (Å²) in [6.45, 7) is 3.78. The van der Waals surface area contributed by atoms with E-state index in [4.69, 9.17) is 5.14 Å². The highest BCUT2D eigenvalue weighted by Crippen LogP contribution is 2.51. The first-order valence-corrected chi connectivity index (χ1v) is 14.9. The number of carboxylic acid groups (broad SMARTS) is 1. The quantitative estimate of drug-likeness (QED) is 0.264. The van der Waals surface area contributed by atoms with Crippen molar-refractivity contribution in [2.75, 3.05) is 6.54 Å². The number of allylic oxidation sites excluding steroid dienone is 1. The molecular formula is C21H26N4O8S3. The summed E-state index contributed by atoms with van der Waals surface area (Å²) in [5, 5.41) is 27.8. The zero-order chi connectivity index (χ0) is 26.6. The van der Waals surface area contributed by atoms with Gasteiger partial charge in [0.15, 0.2) is 0 Å². The van der Waals surface area contributed by atoms with Crippen LogP contribution in [0.5, 0.6) is 0 Å². The zero-order valence-corrected chi connectivity index (χ0v) is 21.7. The molecule has 0 radical (unpaired) electrons. The number of nitrogens with zero attached hydrogens (tertiary/aromatic N) is 1. The highest BCUT2D eigenvalue weighted by Gasteiger charge is 2.60. The summed E-state index contributed by atoms with van der Waals surface area (Å²) in [5.41, 5.74) is 0.496. The third-order valence-electron chi connectivity index (χ3n) is 6.44. The van der Waals surface area contributed by atoms with Crippen molar-refractivity contribution >= 4 is 43.7 Å². The lowest BCUT2D eigenvalue weighted by Gasteiger charge is -2.46. The van der Waals surface area contributed by atoms with Crippen molar-refractivity contribution in [2.45, 2.75) is 47.5 Å². The summed E-state index contributed by atoms with van der Waals surface area (Å²) in [4.78, 5) is 25.7. The van der Waals surface area contributed by atoms with Crippen LogP contribution in [0.25, 0.3) is 0 Å². The molecule has 2 saturated heterocycles. The van der Waals surface area contributed by atoms with Gasteiger partial charge in [0.1, 0.15) is 5.70 Å². The third kappa shape index (κ3) is 4.72. The van der Waals surface area contributed by atoms with E-state index in [1.807, 2.05) is 6.92 Å². The van der Waals surface area contributed by atoms with E-state index in [9.17, 15) is 36.6 Å². The molecular weight excluding hydrogens is 532 g/mol. The van der Waals surface area contributed by atoms with Crippen molar-refractivity contribution in [3.63, 3.8) is 0 Å². The summed E-state index contributed by atoms with van der Waals surface area (Å²) < 4.78 is 50.6. The number of amides is 1. The number of aliphatic hydroxyl groups is 1. The fourth-order valence-electron chi connectivity index (χ4n) is 4.72. The van der Waals surface area contributed by atoms with Gasteiger partial charge < -0.3 is 20.4 Å². The number of hydrogen-bond acceptors (Lipinski definition) is 9. The Morgan fingerprint density at radius 3 is 2.58 bits per heavy atom. The van der Waals surface area contributed by atoms with Gasteiger partial charge in [-0.15, -0.1) is 11.8 Å². The van der Waals surface area contributed by atoms with Crippen molar-refractivity contribution in [3.8, 4) is 0 Å². The lowest BCUT2D eigenvalue weighted by Crippen LogP contribution is -2.63. The average molecular weight is 559 g/mol. The molecule has 3 heterocycles. The van der Waals surface area contributed by atoms with Gasteiger partial charge in [0.2, 0.25) is 15.9 Å². The van der Waals surface area contributed by atoms with Gasteiger partial charge in [0, 0.05) is 40.9 Å². The number of hydrogen-bond donors (Lipinski definition) is 5. The van der Waals surface area contributed by atoms with Gasteiger partial charge in [-0.1, -0.05) is 13.0 Å². The zero-order valence-electron chi connectivity index (χ0n) is 19.3. The molecule has 1 unspecified atom stereocenters. The van der Waals surface area contributed by atoms with Crippen LogP contribution >= 0.6 is 11.8 Å². The van der Waals surface area contributed by atoms with Crippen LogP contribution in [-0.2, 0) is 29.6 Å². The predicted molar refractivity (Wildman–Crippen MR) is 130 cm³/mol. The maximum atomic E-state index is 12.6. The van der Waals surface area contributed by atoms with E-state index in [1.165, 1.54) is 48.0 Å². The third-order valence-corrected chi connectivity index (χ3v) is 10.1. The first-order valence-electron chi connectivity index (χ1n) is 11.0. The number of aliphatic carboxylic acids is 1. The molecule has 1 amide bonds. The van der Waals surface area contributed by atoms with Gasteiger partial charge in [-0.2, -0.15) is 0 Å². The second-order valence-electron chi connectivity index (χ2n) is 8.91. The number of β-lactam (4-membered cyclic amide) rings is 1. The molecule has 3 aliphatic heterocycles. The number of nitrogens with two attached hydrogens (primary N) is 1. The number of carbonyl (C=O) groups is 2. The Morgan fingerprint density at radius 1 is 1.31 bits per heavy atom. The van der Waals surface area contributed by atoms with Gasteiger partial charge in [-0.05, 0) is 25.1 Å². The van der Waals surface area contributed by atoms with Crippen molar-refractivity contribution in [2.24, 2.45) is 17.0 Å². The van der Waals surface area contributed by atoms with Crippen molar-refractivity contribution in [1.29, 1.82) is 0 Å². The number of nitrogens with one attached hydrogen (secondary N) is 2. The Bertz CT molecular complexity index is 1390. The molecule has 6 N–H and O–H groups in total. The van der Waals surface area contributed by atoms with Gasteiger partial charge in [-0.25, -0.2) is 26.8 Å². The Hall–Kier alpha value is -2.59. The molecule has 5 atom stereocenters. The molecule has 0 aliphatic carbocycles. The number of sulfonamides is 2. The normalized spacial score (nSPS) is 28.1. The molecule has 0 bridgehead atoms. The lowest BCUT2D eigenvalue weighted by atomic mass is 9.79. The van der Waals surface area contributed by atoms with Crippen molar-refractivity contribution in [3.05, 3.63) is 46.8 Å². The van der Waals surface area contributed by atoms with Crippen molar-refractivity contribution in [1.82, 2.24) is 14.9 Å². The van der Waals surface area contributed by atoms with Crippen LogP contribution in [0.2, 0.25) is 0 Å². The molecule has 1 aromatic rings. The molecule has 4 rings (SSSR count). The summed E-state index contributed by atoms with van der Waals surface area (Å²) in [6, 6.07) is 4.26. The number of aliphatic hydroxyl groups excluding tert-OH is 1. The Labute approximate surface area is 212 Å². The number of rotatable bonds is 8. The summed E-state index contributed by atoms with van der Waals surface area (Å²) >= 11 is 1.32. The van der Waals surface area contributed by atoms with Gasteiger partial charge in [0.05, 0.1) is 27.9 Å². The van der Waals surface area contributed by atoms with Gasteiger partial charge in [0.25, 0.3) is 10.0 Å². The van der Waals surface area contributed by atoms with Crippen molar-refractivity contribution < 1.29 is 36.6 Å². The van der Waals surface area contributed by atoms with Crippen LogP contribution in [0, 0.1) is 11.8 Å². The molecule has 2 fully saturated rings. The number of carboxylic acids is 1. The van der Waals surface area contributed by atoms with E-state index in [0.29, 0.717) is 23.6 Å². The number of thioether (sulfide) groups is 1. The van der Waals surface area contributed by atoms with Crippen LogP contribution in [0.3, 0.4) is 0 Å². The van der Waals surface area contributed by atoms with E-state index in [0.717, 1.165) is 6.07 Å². The Kier molecular flexibility index (Phi) is 6.89. The van der Waals surface area contributed by atoms with E-state index >= 15 is 0 Å². The molecule has 1 aromatic carbocycles. The van der Waals surface area contributed by atoms with E-state index in [-0.39, 0.29) is 26.7 Å². The minimum absolute atomic E-state index is 0.0627. The summed E-state index contributed by atoms with van der Waals surface area (Å²) in [7, 11) is -8.15. The minimum Gasteiger partial charge on any atom is -0.477 e. The molecule has 0 saturated carbocycles. The monoisotopic (exact) mass is 558 g/mol. The van der Waals surface area contributed by atoms with Crippen LogP contribution in [0.15, 0.2) is 56.6 Å². The fraction of sp³-hybridized carbons (Fsp3) is 0.429. The number of primary sulfonamides is 1. The fourth-order valence-corrected chi connectivity index (χ4v) is 7.77. The van der Waals surface area contributed by atoms with E-state index in [2.05, 4.69) is 10.0 Å². The summed E-state index contributed by atoms with van der Waals surface area (Å²) in [5.74, 6) is -2.52. The standard InChI is InChI=1S/C21H26N4O8S3/c1-10-17-16(11(2)26)20(27)25(17)18(21(28)29)19(10)34-13-6-12(23-9-13)8-24-36(32,33)15-5-3-4-14(7-15)35(22,30)31/h3-5,7-8,10-11,13,16-17,23-24,26H,6,9H2,1-2H3,(H,28,29)(H2,22,30,31)/b12-8+/t10-,11-,13?,16-,17-/m1/s1. The molecule has 12 nitrogen and oxygen atoms in total. The topological polar surface area (TPSA) is 196 Å². The lowest BCUT2D eigenvalue weighted by molar-refractivity contribution is -0.163. The first-order chi connectivity index (χ1) is 16.7. The van der Waals surface area contributed by atoms with Crippen LogP contribution in [0.4, 0.5) is 0 Å². The predicted octanol–water partition coefficient (Wildman–Crippen LogP) is -0.297. The molecule has 196 valence electrons.